The molecule has 0 aliphatic carbocycles. The average Bonchev–Trinajstić information content (AvgIpc) is 2.88. The zero-order valence-electron chi connectivity index (χ0n) is 18.3. The first-order valence-electron chi connectivity index (χ1n) is 10.6. The fourth-order valence-electron chi connectivity index (χ4n) is 3.41. The molecule has 0 radical (unpaired) electrons. The minimum absolute atomic E-state index is 0.152. The van der Waals surface area contributed by atoms with Crippen LogP contribution in [0.4, 0.5) is 5.69 Å². The van der Waals surface area contributed by atoms with Crippen LogP contribution in [0, 0.1) is 10.1 Å². The van der Waals surface area contributed by atoms with E-state index in [1.54, 1.807) is 24.3 Å². The third kappa shape index (κ3) is 5.63. The lowest BCUT2D eigenvalue weighted by molar-refractivity contribution is -0.385. The van der Waals surface area contributed by atoms with Gasteiger partial charge >= 0.3 is 11.7 Å². The maximum atomic E-state index is 12.7. The molecule has 8 nitrogen and oxygen atoms in total. The number of hydrazone groups is 1. The summed E-state index contributed by atoms with van der Waals surface area (Å²) in [5, 5.41) is 17.1. The Kier molecular flexibility index (Phi) is 7.03. The highest BCUT2D eigenvalue weighted by atomic mass is 16.6. The molecule has 172 valence electrons. The Morgan fingerprint density at radius 2 is 1.60 bits per heavy atom. The van der Waals surface area contributed by atoms with Crippen LogP contribution in [0.2, 0.25) is 0 Å². The first-order chi connectivity index (χ1) is 17.0. The van der Waals surface area contributed by atoms with Crippen LogP contribution in [0.3, 0.4) is 0 Å². The van der Waals surface area contributed by atoms with Crippen LogP contribution in [0.1, 0.15) is 21.5 Å². The number of amides is 1. The van der Waals surface area contributed by atoms with E-state index < -0.39 is 22.5 Å². The van der Waals surface area contributed by atoms with Crippen LogP contribution in [0.15, 0.2) is 102 Å². The van der Waals surface area contributed by atoms with Crippen molar-refractivity contribution in [3.8, 4) is 5.75 Å². The first kappa shape index (κ1) is 23.1. The highest BCUT2D eigenvalue weighted by molar-refractivity contribution is 6.07. The van der Waals surface area contributed by atoms with Gasteiger partial charge in [-0.05, 0) is 34.5 Å². The first-order valence-corrected chi connectivity index (χ1v) is 10.6. The molecule has 0 atom stereocenters. The van der Waals surface area contributed by atoms with E-state index in [9.17, 15) is 19.7 Å². The Labute approximate surface area is 200 Å². The van der Waals surface area contributed by atoms with Crippen molar-refractivity contribution in [1.29, 1.82) is 0 Å². The number of nitro groups is 1. The summed E-state index contributed by atoms with van der Waals surface area (Å²) in [4.78, 5) is 35.9. The Hall–Kier alpha value is -5.11. The van der Waals surface area contributed by atoms with Crippen molar-refractivity contribution in [2.45, 2.75) is 0 Å². The monoisotopic (exact) mass is 465 g/mol. The summed E-state index contributed by atoms with van der Waals surface area (Å²) in [6.07, 6.45) is 3.91. The number of nitro benzene ring substituents is 1. The van der Waals surface area contributed by atoms with E-state index in [1.807, 2.05) is 48.5 Å². The molecule has 0 spiro atoms. The number of carbonyl (C=O) groups excluding carboxylic acids is 2. The van der Waals surface area contributed by atoms with Crippen molar-refractivity contribution in [3.05, 3.63) is 124 Å². The van der Waals surface area contributed by atoms with Crippen molar-refractivity contribution >= 4 is 40.6 Å². The molecule has 0 unspecified atom stereocenters. The Morgan fingerprint density at radius 3 is 2.40 bits per heavy atom. The molecule has 8 heteroatoms. The number of esters is 1. The Bertz CT molecular complexity index is 1460. The van der Waals surface area contributed by atoms with E-state index in [1.165, 1.54) is 36.6 Å². The summed E-state index contributed by atoms with van der Waals surface area (Å²) < 4.78 is 5.29. The molecule has 4 aromatic carbocycles. The van der Waals surface area contributed by atoms with Gasteiger partial charge in [-0.3, -0.25) is 14.9 Å². The topological polar surface area (TPSA) is 111 Å². The van der Waals surface area contributed by atoms with Crippen LogP contribution in [0.25, 0.3) is 16.8 Å². The summed E-state index contributed by atoms with van der Waals surface area (Å²) in [7, 11) is 0. The zero-order chi connectivity index (χ0) is 24.6. The normalized spacial score (nSPS) is 11.1. The molecule has 4 aromatic rings. The summed E-state index contributed by atoms with van der Waals surface area (Å²) >= 11 is 0. The number of nitrogens with one attached hydrogen (secondary N) is 1. The van der Waals surface area contributed by atoms with Gasteiger partial charge in [-0.15, -0.1) is 0 Å². The molecule has 4 rings (SSSR count). The molecule has 0 heterocycles. The summed E-state index contributed by atoms with van der Waals surface area (Å²) in [5.41, 5.74) is 3.36. The van der Waals surface area contributed by atoms with E-state index >= 15 is 0 Å². The van der Waals surface area contributed by atoms with Gasteiger partial charge in [0, 0.05) is 23.3 Å². The molecule has 1 amide bonds. The van der Waals surface area contributed by atoms with Gasteiger partial charge in [0.2, 0.25) is 5.75 Å². The standard InChI is InChI=1S/C27H19N3O5/c31-25(17-16-19-8-2-1-3-9-19)35-26-21(12-7-15-24(26)30(33)34)18-28-29-27(32)23-14-6-11-20-10-4-5-13-22(20)23/h1-18H,(H,29,32)/b17-16+,28-18+. The van der Waals surface area contributed by atoms with Crippen molar-refractivity contribution in [3.63, 3.8) is 0 Å². The zero-order valence-corrected chi connectivity index (χ0v) is 18.3. The second-order valence-electron chi connectivity index (χ2n) is 7.34. The quantitative estimate of drug-likeness (QED) is 0.102. The third-order valence-electron chi connectivity index (χ3n) is 5.04. The number of fused-ring (bicyclic) bond motifs is 1. The summed E-state index contributed by atoms with van der Waals surface area (Å²) in [5.74, 6) is -1.52. The summed E-state index contributed by atoms with van der Waals surface area (Å²) in [6.45, 7) is 0. The van der Waals surface area contributed by atoms with Crippen LogP contribution < -0.4 is 10.2 Å². The highest BCUT2D eigenvalue weighted by Gasteiger charge is 2.20. The minimum atomic E-state index is -0.794. The molecule has 1 N–H and O–H groups in total. The molecule has 0 bridgehead atoms. The van der Waals surface area contributed by atoms with Gasteiger partial charge in [0.1, 0.15) is 0 Å². The second kappa shape index (κ2) is 10.7. The van der Waals surface area contributed by atoms with Crippen LogP contribution >= 0.6 is 0 Å². The van der Waals surface area contributed by atoms with E-state index in [0.29, 0.717) is 5.56 Å². The average molecular weight is 465 g/mol. The SMILES string of the molecule is O=C(/C=C/c1ccccc1)Oc1c(/C=N/NC(=O)c2cccc3ccccc23)cccc1[N+](=O)[O-]. The lowest BCUT2D eigenvalue weighted by Crippen LogP contribution is -2.18. The minimum Gasteiger partial charge on any atom is -0.415 e. The van der Waals surface area contributed by atoms with Crippen molar-refractivity contribution < 1.29 is 19.2 Å². The number of rotatable bonds is 7. The molecule has 0 saturated heterocycles. The lowest BCUT2D eigenvalue weighted by Gasteiger charge is -2.07. The maximum Gasteiger partial charge on any atom is 0.336 e. The Morgan fingerprint density at radius 1 is 0.886 bits per heavy atom. The lowest BCUT2D eigenvalue weighted by atomic mass is 10.0. The van der Waals surface area contributed by atoms with Gasteiger partial charge < -0.3 is 4.74 Å². The van der Waals surface area contributed by atoms with Gasteiger partial charge in [0.15, 0.2) is 0 Å². The molecule has 0 aromatic heterocycles. The number of hydrogen-bond acceptors (Lipinski definition) is 6. The predicted molar refractivity (Wildman–Crippen MR) is 133 cm³/mol. The van der Waals surface area contributed by atoms with Gasteiger partial charge in [0.25, 0.3) is 5.91 Å². The molecule has 0 aliphatic rings. The molecule has 0 aliphatic heterocycles. The fraction of sp³-hybridized carbons (Fsp3) is 0. The van der Waals surface area contributed by atoms with E-state index in [4.69, 9.17) is 4.74 Å². The van der Waals surface area contributed by atoms with Crippen molar-refractivity contribution in [1.82, 2.24) is 5.43 Å². The number of ether oxygens (including phenoxy) is 1. The number of nitrogens with zero attached hydrogens (tertiary/aromatic N) is 2. The molecule has 0 fully saturated rings. The highest BCUT2D eigenvalue weighted by Crippen LogP contribution is 2.30. The molecule has 35 heavy (non-hydrogen) atoms. The van der Waals surface area contributed by atoms with E-state index in [0.717, 1.165) is 16.3 Å². The maximum absolute atomic E-state index is 12.7. The van der Waals surface area contributed by atoms with Crippen molar-refractivity contribution in [2.75, 3.05) is 0 Å². The smallest absolute Gasteiger partial charge is 0.336 e. The van der Waals surface area contributed by atoms with Crippen LogP contribution in [-0.2, 0) is 4.79 Å². The number of benzene rings is 4. The molecular weight excluding hydrogens is 446 g/mol. The van der Waals surface area contributed by atoms with Crippen LogP contribution in [0.5, 0.6) is 5.75 Å². The number of para-hydroxylation sites is 1. The van der Waals surface area contributed by atoms with E-state index in [2.05, 4.69) is 10.5 Å². The number of hydrogen-bond donors (Lipinski definition) is 1. The third-order valence-corrected chi connectivity index (χ3v) is 5.04. The fourth-order valence-corrected chi connectivity index (χ4v) is 3.41. The summed E-state index contributed by atoms with van der Waals surface area (Å²) in [6, 6.07) is 26.0. The van der Waals surface area contributed by atoms with Crippen LogP contribution in [-0.4, -0.2) is 23.0 Å². The second-order valence-corrected chi connectivity index (χ2v) is 7.34. The van der Waals surface area contributed by atoms with Gasteiger partial charge in [-0.25, -0.2) is 10.2 Å². The van der Waals surface area contributed by atoms with Gasteiger partial charge in [-0.2, -0.15) is 5.10 Å². The van der Waals surface area contributed by atoms with Gasteiger partial charge in [0.05, 0.1) is 11.1 Å². The number of carbonyl (C=O) groups is 2. The molecular formula is C27H19N3O5. The molecule has 0 saturated carbocycles. The largest absolute Gasteiger partial charge is 0.415 e. The predicted octanol–water partition coefficient (Wildman–Crippen LogP) is 5.13. The van der Waals surface area contributed by atoms with Crippen molar-refractivity contribution in [2.24, 2.45) is 5.10 Å². The van der Waals surface area contributed by atoms with E-state index in [-0.39, 0.29) is 11.3 Å². The Balaban J connectivity index is 1.55. The van der Waals surface area contributed by atoms with Gasteiger partial charge in [-0.1, -0.05) is 72.8 Å².